The van der Waals surface area contributed by atoms with Crippen LogP contribution in [0.25, 0.3) is 0 Å². The Bertz CT molecular complexity index is 370. The van der Waals surface area contributed by atoms with Gasteiger partial charge in [0.2, 0.25) is 0 Å². The van der Waals surface area contributed by atoms with Crippen LogP contribution in [-0.4, -0.2) is 25.7 Å². The number of hydrogen-bond donors (Lipinski definition) is 1. The molecule has 4 heteroatoms. The number of hydrogen-bond acceptors (Lipinski definition) is 2. The fraction of sp³-hybridized carbons (Fsp3) is 0.500. The Kier molecular flexibility index (Phi) is 3.66. The van der Waals surface area contributed by atoms with Gasteiger partial charge in [0.05, 0.1) is 5.02 Å². The van der Waals surface area contributed by atoms with E-state index in [9.17, 15) is 4.39 Å². The van der Waals surface area contributed by atoms with Crippen molar-refractivity contribution in [2.24, 2.45) is 0 Å². The second kappa shape index (κ2) is 5.02. The van der Waals surface area contributed by atoms with Crippen LogP contribution in [0.3, 0.4) is 0 Å². The van der Waals surface area contributed by atoms with E-state index in [1.165, 1.54) is 6.07 Å². The molecule has 0 amide bonds. The summed E-state index contributed by atoms with van der Waals surface area (Å²) in [6.07, 6.45) is 1.13. The molecule has 88 valence electrons. The molecule has 0 saturated carbocycles. The first-order valence-corrected chi connectivity index (χ1v) is 6.02. The molecule has 1 saturated heterocycles. The summed E-state index contributed by atoms with van der Waals surface area (Å²) in [4.78, 5) is 2.23. The maximum atomic E-state index is 13.0. The zero-order valence-corrected chi connectivity index (χ0v) is 10.1. The van der Waals surface area contributed by atoms with Gasteiger partial charge in [-0.25, -0.2) is 4.39 Å². The van der Waals surface area contributed by atoms with Crippen LogP contribution < -0.4 is 10.2 Å². The highest BCUT2D eigenvalue weighted by Crippen LogP contribution is 2.25. The van der Waals surface area contributed by atoms with Crippen LogP contribution in [-0.2, 0) is 0 Å². The first kappa shape index (κ1) is 11.7. The lowest BCUT2D eigenvalue weighted by Gasteiger charge is -2.19. The van der Waals surface area contributed by atoms with Crippen molar-refractivity contribution in [3.8, 4) is 0 Å². The van der Waals surface area contributed by atoms with Crippen molar-refractivity contribution < 1.29 is 4.39 Å². The third-order valence-corrected chi connectivity index (χ3v) is 3.24. The number of benzene rings is 1. The van der Waals surface area contributed by atoms with E-state index in [0.717, 1.165) is 31.7 Å². The smallest absolute Gasteiger partial charge is 0.141 e. The van der Waals surface area contributed by atoms with Gasteiger partial charge in [0.15, 0.2) is 0 Å². The predicted octanol–water partition coefficient (Wildman–Crippen LogP) is 2.67. The second-order valence-electron chi connectivity index (χ2n) is 4.09. The maximum absolute atomic E-state index is 13.0. The molecule has 1 fully saturated rings. The SMILES string of the molecule is CCNC1CCN(c2ccc(F)c(Cl)c2)C1. The molecule has 1 aromatic rings. The van der Waals surface area contributed by atoms with E-state index in [2.05, 4.69) is 17.1 Å². The molecule has 1 atom stereocenters. The number of nitrogens with one attached hydrogen (secondary N) is 1. The van der Waals surface area contributed by atoms with Gasteiger partial charge in [-0.2, -0.15) is 0 Å². The minimum atomic E-state index is -0.354. The van der Waals surface area contributed by atoms with Gasteiger partial charge in [-0.15, -0.1) is 0 Å². The minimum Gasteiger partial charge on any atom is -0.370 e. The molecule has 0 aliphatic carbocycles. The Balaban J connectivity index is 2.05. The Morgan fingerprint density at radius 2 is 2.38 bits per heavy atom. The van der Waals surface area contributed by atoms with Gasteiger partial charge in [-0.05, 0) is 31.2 Å². The Labute approximate surface area is 100 Å². The van der Waals surface area contributed by atoms with E-state index in [-0.39, 0.29) is 10.8 Å². The van der Waals surface area contributed by atoms with Crippen LogP contribution in [0.15, 0.2) is 18.2 Å². The van der Waals surface area contributed by atoms with Gasteiger partial charge in [0.1, 0.15) is 5.82 Å². The Morgan fingerprint density at radius 1 is 1.56 bits per heavy atom. The fourth-order valence-electron chi connectivity index (χ4n) is 2.13. The normalized spacial score (nSPS) is 20.4. The Morgan fingerprint density at radius 3 is 3.06 bits per heavy atom. The number of likely N-dealkylation sites (N-methyl/N-ethyl adjacent to an activating group) is 1. The summed E-state index contributed by atoms with van der Waals surface area (Å²) in [6.45, 7) is 5.07. The summed E-state index contributed by atoms with van der Waals surface area (Å²) < 4.78 is 13.0. The average Bonchev–Trinajstić information content (AvgIpc) is 2.71. The van der Waals surface area contributed by atoms with Gasteiger partial charge in [-0.3, -0.25) is 0 Å². The van der Waals surface area contributed by atoms with Crippen LogP contribution in [0.5, 0.6) is 0 Å². The molecule has 2 rings (SSSR count). The topological polar surface area (TPSA) is 15.3 Å². The summed E-state index contributed by atoms with van der Waals surface area (Å²) in [5.74, 6) is -0.354. The summed E-state index contributed by atoms with van der Waals surface area (Å²) >= 11 is 5.77. The molecule has 1 aromatic carbocycles. The van der Waals surface area contributed by atoms with Gasteiger partial charge >= 0.3 is 0 Å². The van der Waals surface area contributed by atoms with Crippen molar-refractivity contribution in [3.63, 3.8) is 0 Å². The van der Waals surface area contributed by atoms with Crippen LogP contribution in [0.2, 0.25) is 5.02 Å². The van der Waals surface area contributed by atoms with Crippen molar-refractivity contribution in [1.82, 2.24) is 5.32 Å². The quantitative estimate of drug-likeness (QED) is 0.877. The lowest BCUT2D eigenvalue weighted by molar-refractivity contribution is 0.572. The van der Waals surface area contributed by atoms with E-state index in [0.29, 0.717) is 6.04 Å². The van der Waals surface area contributed by atoms with E-state index in [4.69, 9.17) is 11.6 Å². The third kappa shape index (κ3) is 2.47. The first-order valence-electron chi connectivity index (χ1n) is 5.64. The molecule has 1 N–H and O–H groups in total. The van der Waals surface area contributed by atoms with Gasteiger partial charge in [-0.1, -0.05) is 18.5 Å². The highest BCUT2D eigenvalue weighted by Gasteiger charge is 2.22. The summed E-state index contributed by atoms with van der Waals surface area (Å²) in [7, 11) is 0. The molecule has 2 nitrogen and oxygen atoms in total. The molecular formula is C12H16ClFN2. The largest absolute Gasteiger partial charge is 0.370 e. The van der Waals surface area contributed by atoms with Gasteiger partial charge in [0.25, 0.3) is 0 Å². The number of anilines is 1. The average molecular weight is 243 g/mol. The minimum absolute atomic E-state index is 0.199. The first-order chi connectivity index (χ1) is 7.70. The van der Waals surface area contributed by atoms with E-state index in [1.54, 1.807) is 12.1 Å². The monoisotopic (exact) mass is 242 g/mol. The number of halogens is 2. The van der Waals surface area contributed by atoms with Crippen LogP contribution in [0.4, 0.5) is 10.1 Å². The highest BCUT2D eigenvalue weighted by atomic mass is 35.5. The molecule has 16 heavy (non-hydrogen) atoms. The zero-order chi connectivity index (χ0) is 11.5. The van der Waals surface area contributed by atoms with E-state index >= 15 is 0 Å². The lowest BCUT2D eigenvalue weighted by atomic mass is 10.2. The van der Waals surface area contributed by atoms with E-state index in [1.807, 2.05) is 0 Å². The van der Waals surface area contributed by atoms with Gasteiger partial charge < -0.3 is 10.2 Å². The number of nitrogens with zero attached hydrogens (tertiary/aromatic N) is 1. The fourth-order valence-corrected chi connectivity index (χ4v) is 2.31. The van der Waals surface area contributed by atoms with Crippen LogP contribution in [0, 0.1) is 5.82 Å². The summed E-state index contributed by atoms with van der Waals surface area (Å²) in [5, 5.41) is 3.62. The predicted molar refractivity (Wildman–Crippen MR) is 65.7 cm³/mol. The van der Waals surface area contributed by atoms with Crippen molar-refractivity contribution in [2.45, 2.75) is 19.4 Å². The lowest BCUT2D eigenvalue weighted by Crippen LogP contribution is -2.32. The summed E-state index contributed by atoms with van der Waals surface area (Å²) in [6, 6.07) is 5.45. The molecule has 0 aromatic heterocycles. The molecule has 0 spiro atoms. The van der Waals surface area contributed by atoms with Crippen LogP contribution >= 0.6 is 11.6 Å². The van der Waals surface area contributed by atoms with Crippen molar-refractivity contribution in [3.05, 3.63) is 29.0 Å². The summed E-state index contributed by atoms with van der Waals surface area (Å²) in [5.41, 5.74) is 1.01. The third-order valence-electron chi connectivity index (χ3n) is 2.95. The molecule has 1 unspecified atom stereocenters. The van der Waals surface area contributed by atoms with E-state index < -0.39 is 0 Å². The zero-order valence-electron chi connectivity index (χ0n) is 9.34. The maximum Gasteiger partial charge on any atom is 0.141 e. The van der Waals surface area contributed by atoms with Crippen molar-refractivity contribution >= 4 is 17.3 Å². The molecule has 1 heterocycles. The molecular weight excluding hydrogens is 227 g/mol. The van der Waals surface area contributed by atoms with Crippen molar-refractivity contribution in [2.75, 3.05) is 24.5 Å². The molecule has 1 aliphatic heterocycles. The van der Waals surface area contributed by atoms with Crippen molar-refractivity contribution in [1.29, 1.82) is 0 Å². The molecule has 1 aliphatic rings. The molecule has 0 radical (unpaired) electrons. The molecule has 0 bridgehead atoms. The number of rotatable bonds is 3. The Hall–Kier alpha value is -0.800. The van der Waals surface area contributed by atoms with Gasteiger partial charge in [0, 0.05) is 24.8 Å². The van der Waals surface area contributed by atoms with Crippen LogP contribution in [0.1, 0.15) is 13.3 Å². The standard InChI is InChI=1S/C12H16ClFN2/c1-2-15-9-5-6-16(8-9)10-3-4-12(14)11(13)7-10/h3-4,7,9,15H,2,5-6,8H2,1H3. The second-order valence-corrected chi connectivity index (χ2v) is 4.49. The highest BCUT2D eigenvalue weighted by molar-refractivity contribution is 6.31.